The largest absolute Gasteiger partial charge is 0.473 e. The molecule has 0 radical (unpaired) electrons. The van der Waals surface area contributed by atoms with Gasteiger partial charge in [-0.1, -0.05) is 35.9 Å². The van der Waals surface area contributed by atoms with Crippen LogP contribution in [0.25, 0.3) is 11.1 Å². The molecule has 0 aliphatic heterocycles. The molecule has 0 aliphatic carbocycles. The summed E-state index contributed by atoms with van der Waals surface area (Å²) in [6, 6.07) is 13.0. The highest BCUT2D eigenvalue weighted by Crippen LogP contribution is 2.41. The zero-order chi connectivity index (χ0) is 30.9. The molecule has 5 nitrogen and oxygen atoms in total. The zero-order valence-corrected chi connectivity index (χ0v) is 23.3. The topological polar surface area (TPSA) is 55.3 Å². The number of aromatic nitrogens is 2. The number of likely N-dealkylation sites (N-methyl/N-ethyl adjacent to an activating group) is 1. The molecule has 0 N–H and O–H groups in total. The number of hydrogen-bond donors (Lipinski definition) is 0. The van der Waals surface area contributed by atoms with Gasteiger partial charge in [0.05, 0.1) is 28.4 Å². The number of amides is 1. The Morgan fingerprint density at radius 1 is 0.857 bits per heavy atom. The number of alkyl halides is 6. The number of benzene rings is 2. The van der Waals surface area contributed by atoms with Crippen molar-refractivity contribution in [3.05, 3.63) is 107 Å². The molecule has 0 aliphatic rings. The summed E-state index contributed by atoms with van der Waals surface area (Å²) in [6.45, 7) is 2.66. The number of hydrogen-bond acceptors (Lipinski definition) is 4. The van der Waals surface area contributed by atoms with Crippen LogP contribution in [0.1, 0.15) is 36.1 Å². The van der Waals surface area contributed by atoms with Crippen LogP contribution in [0.5, 0.6) is 5.88 Å². The molecule has 2 aromatic carbocycles. The number of anilines is 1. The van der Waals surface area contributed by atoms with Crippen LogP contribution >= 0.6 is 11.6 Å². The molecular weight excluding hydrogens is 584 g/mol. The van der Waals surface area contributed by atoms with E-state index in [1.54, 1.807) is 48.8 Å². The quantitative estimate of drug-likeness (QED) is 0.198. The third kappa shape index (κ3) is 6.67. The van der Waals surface area contributed by atoms with Gasteiger partial charge in [-0.25, -0.2) is 4.98 Å². The molecule has 2 aromatic heterocycles. The summed E-state index contributed by atoms with van der Waals surface area (Å²) >= 11 is 6.46. The molecule has 0 saturated heterocycles. The van der Waals surface area contributed by atoms with E-state index in [4.69, 9.17) is 16.3 Å². The molecule has 0 atom stereocenters. The van der Waals surface area contributed by atoms with Gasteiger partial charge in [0.2, 0.25) is 11.8 Å². The number of halogens is 7. The van der Waals surface area contributed by atoms with Gasteiger partial charge in [0.15, 0.2) is 0 Å². The molecule has 0 bridgehead atoms. The summed E-state index contributed by atoms with van der Waals surface area (Å²) in [6.07, 6.45) is -5.56. The van der Waals surface area contributed by atoms with Crippen molar-refractivity contribution in [2.75, 3.05) is 11.9 Å². The van der Waals surface area contributed by atoms with Gasteiger partial charge in [-0.15, -0.1) is 0 Å². The molecule has 0 spiro atoms. The minimum atomic E-state index is -5.06. The highest BCUT2D eigenvalue weighted by molar-refractivity contribution is 6.33. The van der Waals surface area contributed by atoms with E-state index in [1.807, 2.05) is 6.07 Å². The van der Waals surface area contributed by atoms with Gasteiger partial charge in [-0.3, -0.25) is 9.78 Å². The Morgan fingerprint density at radius 2 is 1.48 bits per heavy atom. The lowest BCUT2D eigenvalue weighted by Gasteiger charge is -2.32. The minimum absolute atomic E-state index is 0.0252. The highest BCUT2D eigenvalue weighted by atomic mass is 35.5. The van der Waals surface area contributed by atoms with Gasteiger partial charge >= 0.3 is 12.4 Å². The van der Waals surface area contributed by atoms with E-state index < -0.39 is 40.4 Å². The summed E-state index contributed by atoms with van der Waals surface area (Å²) in [5.41, 5.74) is -3.40. The highest BCUT2D eigenvalue weighted by Gasteiger charge is 2.41. The van der Waals surface area contributed by atoms with Crippen LogP contribution in [0.4, 0.5) is 32.0 Å². The van der Waals surface area contributed by atoms with Gasteiger partial charge < -0.3 is 9.64 Å². The molecule has 1 amide bonds. The smallest absolute Gasteiger partial charge is 0.416 e. The Kier molecular flexibility index (Phi) is 8.54. The first-order valence-electron chi connectivity index (χ1n) is 12.4. The van der Waals surface area contributed by atoms with Crippen molar-refractivity contribution in [3.8, 4) is 17.0 Å². The van der Waals surface area contributed by atoms with E-state index in [2.05, 4.69) is 9.97 Å². The second-order valence-corrected chi connectivity index (χ2v) is 10.4. The number of pyridine rings is 2. The fourth-order valence-electron chi connectivity index (χ4n) is 4.28. The van der Waals surface area contributed by atoms with Crippen LogP contribution in [0, 0.1) is 0 Å². The van der Waals surface area contributed by atoms with Crippen LogP contribution in [0.3, 0.4) is 0 Å². The third-order valence-electron chi connectivity index (χ3n) is 6.64. The van der Waals surface area contributed by atoms with Gasteiger partial charge in [-0.2, -0.15) is 26.3 Å². The maximum atomic E-state index is 13.8. The van der Waals surface area contributed by atoms with Crippen molar-refractivity contribution in [1.82, 2.24) is 9.97 Å². The average Bonchev–Trinajstić information content (AvgIpc) is 2.95. The first-order chi connectivity index (χ1) is 19.6. The van der Waals surface area contributed by atoms with Crippen molar-refractivity contribution >= 4 is 23.2 Å². The Bertz CT molecular complexity index is 1560. The predicted molar refractivity (Wildman–Crippen MR) is 146 cm³/mol. The summed E-state index contributed by atoms with van der Waals surface area (Å²) < 4.78 is 87.0. The number of carbonyl (C=O) groups excluding carboxylic acids is 1. The molecule has 220 valence electrons. The van der Waals surface area contributed by atoms with Crippen LogP contribution in [0.15, 0.2) is 79.3 Å². The maximum Gasteiger partial charge on any atom is 0.416 e. The second-order valence-electron chi connectivity index (χ2n) is 9.95. The van der Waals surface area contributed by atoms with Crippen molar-refractivity contribution in [2.45, 2.75) is 38.2 Å². The Morgan fingerprint density at radius 3 is 2.05 bits per heavy atom. The lowest BCUT2D eigenvalue weighted by molar-refractivity contribution is -0.143. The normalized spacial score (nSPS) is 12.2. The standard InChI is InChI=1S/C30H24ClF6N3O2/c1-28(2,19-11-20(29(32,33)34)13-21(12-19)30(35,36)37)27(41)40(3)25-16-39-26(42-17-18-7-6-10-38-15-18)14-23(25)22-8-4-5-9-24(22)31/h4-16H,17H2,1-3H3. The van der Waals surface area contributed by atoms with E-state index in [0.29, 0.717) is 28.3 Å². The molecule has 12 heteroatoms. The fraction of sp³-hybridized carbons (Fsp3) is 0.233. The van der Waals surface area contributed by atoms with Crippen LogP contribution in [-0.2, 0) is 29.2 Å². The summed E-state index contributed by atoms with van der Waals surface area (Å²) in [7, 11) is 1.36. The van der Waals surface area contributed by atoms with E-state index in [1.165, 1.54) is 27.1 Å². The van der Waals surface area contributed by atoms with Gasteiger partial charge in [0, 0.05) is 47.2 Å². The first kappa shape index (κ1) is 30.8. The van der Waals surface area contributed by atoms with Gasteiger partial charge in [0.25, 0.3) is 0 Å². The van der Waals surface area contributed by atoms with Crippen LogP contribution < -0.4 is 9.64 Å². The van der Waals surface area contributed by atoms with Crippen LogP contribution in [0.2, 0.25) is 5.02 Å². The summed E-state index contributed by atoms with van der Waals surface area (Å²) in [5, 5.41) is 0.330. The number of rotatable bonds is 7. The zero-order valence-electron chi connectivity index (χ0n) is 22.5. The Hall–Kier alpha value is -4.12. The second kappa shape index (κ2) is 11.6. The lowest BCUT2D eigenvalue weighted by Crippen LogP contribution is -2.42. The van der Waals surface area contributed by atoms with E-state index in [9.17, 15) is 31.1 Å². The number of ether oxygens (including phenoxy) is 1. The molecule has 0 fully saturated rings. The van der Waals surface area contributed by atoms with E-state index >= 15 is 0 Å². The number of nitrogens with zero attached hydrogens (tertiary/aromatic N) is 3. The average molecular weight is 608 g/mol. The number of carbonyl (C=O) groups is 1. The van der Waals surface area contributed by atoms with Gasteiger partial charge in [0.1, 0.15) is 6.61 Å². The van der Waals surface area contributed by atoms with Crippen molar-refractivity contribution in [2.24, 2.45) is 0 Å². The summed E-state index contributed by atoms with van der Waals surface area (Å²) in [5.74, 6) is -0.598. The van der Waals surface area contributed by atoms with Crippen molar-refractivity contribution in [1.29, 1.82) is 0 Å². The SMILES string of the molecule is CN(C(=O)C(C)(C)c1cc(C(F)(F)F)cc(C(F)(F)F)c1)c1cnc(OCc2cccnc2)cc1-c1ccccc1Cl. The van der Waals surface area contributed by atoms with Crippen molar-refractivity contribution < 1.29 is 35.9 Å². The molecular formula is C30H24ClF6N3O2. The minimum Gasteiger partial charge on any atom is -0.473 e. The molecule has 2 heterocycles. The Labute approximate surface area is 242 Å². The molecule has 0 saturated carbocycles. The van der Waals surface area contributed by atoms with E-state index in [-0.39, 0.29) is 24.2 Å². The molecule has 0 unspecified atom stereocenters. The van der Waals surface area contributed by atoms with Crippen LogP contribution in [-0.4, -0.2) is 22.9 Å². The van der Waals surface area contributed by atoms with E-state index in [0.717, 1.165) is 10.5 Å². The molecule has 42 heavy (non-hydrogen) atoms. The maximum absolute atomic E-state index is 13.8. The Balaban J connectivity index is 1.76. The summed E-state index contributed by atoms with van der Waals surface area (Å²) in [4.78, 5) is 23.3. The molecule has 4 rings (SSSR count). The predicted octanol–water partition coefficient (Wildman–Crippen LogP) is 8.35. The fourth-order valence-corrected chi connectivity index (χ4v) is 4.52. The van der Waals surface area contributed by atoms with Crippen molar-refractivity contribution in [3.63, 3.8) is 0 Å². The monoisotopic (exact) mass is 607 g/mol. The first-order valence-corrected chi connectivity index (χ1v) is 12.8. The van der Waals surface area contributed by atoms with Gasteiger partial charge in [-0.05, 0) is 49.7 Å². The third-order valence-corrected chi connectivity index (χ3v) is 6.97. The lowest BCUT2D eigenvalue weighted by atomic mass is 9.81. The molecule has 4 aromatic rings.